The summed E-state index contributed by atoms with van der Waals surface area (Å²) in [6.07, 6.45) is 0. The summed E-state index contributed by atoms with van der Waals surface area (Å²) in [5, 5.41) is 9.55. The van der Waals surface area contributed by atoms with E-state index in [1.807, 2.05) is 36.4 Å². The van der Waals surface area contributed by atoms with Crippen molar-refractivity contribution < 1.29 is 0 Å². The fourth-order valence-corrected chi connectivity index (χ4v) is 3.91. The van der Waals surface area contributed by atoms with Crippen LogP contribution in [0.3, 0.4) is 0 Å². The van der Waals surface area contributed by atoms with E-state index in [-0.39, 0.29) is 20.3 Å². The van der Waals surface area contributed by atoms with Gasteiger partial charge in [0.15, 0.2) is 0 Å². The Kier molecular flexibility index (Phi) is 2.64. The van der Waals surface area contributed by atoms with Crippen LogP contribution in [0.4, 0.5) is 0 Å². The van der Waals surface area contributed by atoms with Crippen molar-refractivity contribution in [1.82, 2.24) is 3.56 Å². The van der Waals surface area contributed by atoms with Crippen LogP contribution in [0.1, 0.15) is 5.56 Å². The first-order chi connectivity index (χ1) is 8.79. The van der Waals surface area contributed by atoms with Crippen molar-refractivity contribution in [3.63, 3.8) is 0 Å². The summed E-state index contributed by atoms with van der Waals surface area (Å²) >= 11 is -0.0121. The van der Waals surface area contributed by atoms with Crippen LogP contribution in [-0.2, 0) is 0 Å². The number of rotatable bonds is 1. The molecule has 2 aromatic carbocycles. The molecule has 0 spiro atoms. The Morgan fingerprint density at radius 1 is 1.06 bits per heavy atom. The molecular weight excluding hydrogens is 291 g/mol. The molecule has 0 saturated carbocycles. The molecule has 1 aromatic heterocycles. The van der Waals surface area contributed by atoms with Crippen LogP contribution in [0.2, 0.25) is 0 Å². The Bertz CT molecular complexity index is 806. The van der Waals surface area contributed by atoms with Gasteiger partial charge in [0.05, 0.1) is 0 Å². The first-order valence-corrected chi connectivity index (χ1v) is 7.03. The van der Waals surface area contributed by atoms with Gasteiger partial charge in [-0.25, -0.2) is 0 Å². The molecule has 0 radical (unpaired) electrons. The van der Waals surface area contributed by atoms with Crippen LogP contribution < -0.4 is 5.56 Å². The van der Waals surface area contributed by atoms with Gasteiger partial charge >= 0.3 is 109 Å². The molecule has 0 aliphatic heterocycles. The molecule has 0 N–H and O–H groups in total. The third-order valence-electron chi connectivity index (χ3n) is 2.72. The van der Waals surface area contributed by atoms with E-state index in [0.29, 0.717) is 5.56 Å². The predicted molar refractivity (Wildman–Crippen MR) is 71.2 cm³/mol. The van der Waals surface area contributed by atoms with Crippen LogP contribution in [0.25, 0.3) is 15.3 Å². The van der Waals surface area contributed by atoms with E-state index in [9.17, 15) is 4.79 Å². The van der Waals surface area contributed by atoms with Crippen LogP contribution in [-0.4, -0.2) is 18.3 Å². The van der Waals surface area contributed by atoms with Crippen molar-refractivity contribution in [2.24, 2.45) is 0 Å². The number of fused-ring (bicyclic) bond motifs is 1. The normalized spacial score (nSPS) is 10.4. The predicted octanol–water partition coefficient (Wildman–Crippen LogP) is 1.92. The first kappa shape index (κ1) is 11.0. The molecule has 0 atom stereocenters. The standard InChI is InChI=1S/C14H8N2OSe/c15-9-10-5-7-11(8-6-10)16-14(17)12-3-1-2-4-13(12)18-16/h1-8H. The fourth-order valence-electron chi connectivity index (χ4n) is 1.81. The van der Waals surface area contributed by atoms with Crippen molar-refractivity contribution >= 4 is 24.4 Å². The van der Waals surface area contributed by atoms with E-state index >= 15 is 0 Å². The summed E-state index contributed by atoms with van der Waals surface area (Å²) in [6.45, 7) is 0. The van der Waals surface area contributed by atoms with Gasteiger partial charge in [-0.05, 0) is 0 Å². The number of nitriles is 1. The molecule has 3 rings (SSSR count). The number of hydrogen-bond acceptors (Lipinski definition) is 2. The van der Waals surface area contributed by atoms with E-state index in [1.54, 1.807) is 15.7 Å². The molecule has 0 saturated heterocycles. The van der Waals surface area contributed by atoms with Gasteiger partial charge in [-0.3, -0.25) is 0 Å². The number of aromatic nitrogens is 1. The molecule has 0 amide bonds. The van der Waals surface area contributed by atoms with Crippen LogP contribution in [0, 0.1) is 11.3 Å². The molecule has 86 valence electrons. The second-order valence-electron chi connectivity index (χ2n) is 3.85. The summed E-state index contributed by atoms with van der Waals surface area (Å²) in [5.74, 6) is 0. The topological polar surface area (TPSA) is 45.8 Å². The Balaban J connectivity index is 2.22. The number of hydrogen-bond donors (Lipinski definition) is 0. The summed E-state index contributed by atoms with van der Waals surface area (Å²) in [5.41, 5.74) is 1.51. The van der Waals surface area contributed by atoms with Gasteiger partial charge in [0.25, 0.3) is 0 Å². The van der Waals surface area contributed by atoms with Crippen molar-refractivity contribution in [3.05, 3.63) is 64.4 Å². The van der Waals surface area contributed by atoms with Crippen molar-refractivity contribution in [1.29, 1.82) is 5.26 Å². The summed E-state index contributed by atoms with van der Waals surface area (Å²) in [6, 6.07) is 16.9. The third-order valence-corrected chi connectivity index (χ3v) is 5.06. The van der Waals surface area contributed by atoms with E-state index in [1.165, 1.54) is 0 Å². The molecule has 0 aliphatic carbocycles. The van der Waals surface area contributed by atoms with Crippen LogP contribution in [0.15, 0.2) is 53.3 Å². The minimum atomic E-state index is -0.0121. The molecule has 3 nitrogen and oxygen atoms in total. The molecule has 4 heteroatoms. The molecule has 3 aromatic rings. The number of nitrogens with zero attached hydrogens (tertiary/aromatic N) is 2. The van der Waals surface area contributed by atoms with Gasteiger partial charge in [0, 0.05) is 0 Å². The van der Waals surface area contributed by atoms with Gasteiger partial charge in [0.2, 0.25) is 0 Å². The fraction of sp³-hybridized carbons (Fsp3) is 0. The van der Waals surface area contributed by atoms with Gasteiger partial charge in [-0.15, -0.1) is 0 Å². The maximum absolute atomic E-state index is 12.2. The monoisotopic (exact) mass is 300 g/mol. The second-order valence-corrected chi connectivity index (χ2v) is 5.92. The first-order valence-electron chi connectivity index (χ1n) is 5.41. The summed E-state index contributed by atoms with van der Waals surface area (Å²) in [4.78, 5) is 12.2. The maximum atomic E-state index is 12.2. The molecule has 18 heavy (non-hydrogen) atoms. The third kappa shape index (κ3) is 1.70. The molecule has 0 aliphatic rings. The molecule has 0 fully saturated rings. The Morgan fingerprint density at radius 3 is 2.44 bits per heavy atom. The van der Waals surface area contributed by atoms with Crippen molar-refractivity contribution in [3.8, 4) is 11.8 Å². The van der Waals surface area contributed by atoms with E-state index in [0.717, 1.165) is 15.3 Å². The molecule has 0 bridgehead atoms. The van der Waals surface area contributed by atoms with Gasteiger partial charge in [-0.2, -0.15) is 0 Å². The van der Waals surface area contributed by atoms with E-state index < -0.39 is 0 Å². The second kappa shape index (κ2) is 4.30. The van der Waals surface area contributed by atoms with Gasteiger partial charge in [0.1, 0.15) is 0 Å². The Hall–Kier alpha value is -2.08. The molecule has 0 unspecified atom stereocenters. The Labute approximate surface area is 109 Å². The summed E-state index contributed by atoms with van der Waals surface area (Å²) in [7, 11) is 0. The molecular formula is C14H8N2OSe. The van der Waals surface area contributed by atoms with Crippen LogP contribution >= 0.6 is 0 Å². The zero-order chi connectivity index (χ0) is 12.5. The van der Waals surface area contributed by atoms with Crippen molar-refractivity contribution in [2.45, 2.75) is 0 Å². The van der Waals surface area contributed by atoms with Crippen molar-refractivity contribution in [2.75, 3.05) is 0 Å². The van der Waals surface area contributed by atoms with E-state index in [4.69, 9.17) is 5.26 Å². The SMILES string of the molecule is N#Cc1ccc(-n2[se]c3ccccc3c2=O)cc1. The zero-order valence-corrected chi connectivity index (χ0v) is 11.0. The van der Waals surface area contributed by atoms with Crippen LogP contribution in [0.5, 0.6) is 0 Å². The van der Waals surface area contributed by atoms with Gasteiger partial charge < -0.3 is 0 Å². The summed E-state index contributed by atoms with van der Waals surface area (Å²) < 4.78 is 2.90. The minimum absolute atomic E-state index is 0.0121. The Morgan fingerprint density at radius 2 is 1.78 bits per heavy atom. The zero-order valence-electron chi connectivity index (χ0n) is 9.33. The average Bonchev–Trinajstić information content (AvgIpc) is 2.77. The number of benzene rings is 2. The molecule has 1 heterocycles. The quantitative estimate of drug-likeness (QED) is 0.644. The van der Waals surface area contributed by atoms with Gasteiger partial charge in [-0.1, -0.05) is 0 Å². The average molecular weight is 299 g/mol. The van der Waals surface area contributed by atoms with E-state index in [2.05, 4.69) is 6.07 Å².